The van der Waals surface area contributed by atoms with Gasteiger partial charge in [0.15, 0.2) is 11.5 Å². The average Bonchev–Trinajstić information content (AvgIpc) is 3.32. The average molecular weight is 566 g/mol. The molecule has 1 aliphatic carbocycles. The molecule has 3 unspecified atom stereocenters. The molecule has 11 heteroatoms. The van der Waals surface area contributed by atoms with Crippen molar-refractivity contribution in [2.75, 3.05) is 39.3 Å². The van der Waals surface area contributed by atoms with Crippen LogP contribution < -0.4 is 20.1 Å². The van der Waals surface area contributed by atoms with Crippen LogP contribution in [0.15, 0.2) is 36.4 Å². The summed E-state index contributed by atoms with van der Waals surface area (Å²) in [7, 11) is 3.23. The first-order chi connectivity index (χ1) is 19.1. The first-order valence-corrected chi connectivity index (χ1v) is 13.6. The predicted molar refractivity (Wildman–Crippen MR) is 141 cm³/mol. The number of hydrogen-bond acceptors (Lipinski definition) is 5. The maximum Gasteiger partial charge on any atom is 0.416 e. The third kappa shape index (κ3) is 5.72. The highest BCUT2D eigenvalue weighted by molar-refractivity contribution is 5.89. The molecule has 40 heavy (non-hydrogen) atoms. The van der Waals surface area contributed by atoms with E-state index in [-0.39, 0.29) is 23.2 Å². The van der Waals surface area contributed by atoms with Gasteiger partial charge in [-0.1, -0.05) is 6.07 Å². The zero-order valence-electron chi connectivity index (χ0n) is 22.7. The maximum absolute atomic E-state index is 13.8. The molecule has 0 bridgehead atoms. The van der Waals surface area contributed by atoms with Crippen LogP contribution in [0.4, 0.5) is 28.0 Å². The van der Waals surface area contributed by atoms with Crippen molar-refractivity contribution >= 4 is 11.7 Å². The number of ether oxygens (including phenoxy) is 3. The molecule has 0 radical (unpaired) electrons. The van der Waals surface area contributed by atoms with Crippen molar-refractivity contribution in [2.24, 2.45) is 0 Å². The van der Waals surface area contributed by atoms with Gasteiger partial charge < -0.3 is 24.8 Å². The summed E-state index contributed by atoms with van der Waals surface area (Å²) < 4.78 is 69.9. The molecule has 1 saturated carbocycles. The van der Waals surface area contributed by atoms with Crippen molar-refractivity contribution in [1.29, 1.82) is 0 Å². The lowest BCUT2D eigenvalue weighted by molar-refractivity contribution is -0.137. The summed E-state index contributed by atoms with van der Waals surface area (Å²) in [6.45, 7) is 2.36. The van der Waals surface area contributed by atoms with E-state index in [0.29, 0.717) is 36.4 Å². The molecule has 3 atom stereocenters. The standard InChI is InChI=1S/C29H35F4N3O4/c1-38-24-4-3-18(15-25(24)39-2)28-8-5-21(17-26(28)36(10-9-28)23-6-11-40-12-7-23)34-27(37)35-22-14-19(29(31,32)33)13-20(30)16-22/h3-4,13-16,21,23,26H,5-12,17H2,1-2H3,(H2,34,35,37). The van der Waals surface area contributed by atoms with Crippen LogP contribution in [-0.2, 0) is 16.3 Å². The van der Waals surface area contributed by atoms with Crippen LogP contribution in [-0.4, -0.2) is 63.0 Å². The molecule has 3 fully saturated rings. The Balaban J connectivity index is 1.36. The number of likely N-dealkylation sites (tertiary alicyclic amines) is 1. The van der Waals surface area contributed by atoms with Gasteiger partial charge in [-0.3, -0.25) is 4.90 Å². The largest absolute Gasteiger partial charge is 0.493 e. The smallest absolute Gasteiger partial charge is 0.416 e. The van der Waals surface area contributed by atoms with Gasteiger partial charge in [0.1, 0.15) is 5.82 Å². The molecule has 3 aliphatic rings. The number of carbonyl (C=O) groups is 1. The number of rotatable bonds is 6. The lowest BCUT2D eigenvalue weighted by atomic mass is 9.65. The summed E-state index contributed by atoms with van der Waals surface area (Å²) in [4.78, 5) is 15.4. The molecule has 5 rings (SSSR count). The Labute approximate surface area is 231 Å². The number of carbonyl (C=O) groups excluding carboxylic acids is 1. The monoisotopic (exact) mass is 565 g/mol. The summed E-state index contributed by atoms with van der Waals surface area (Å²) in [6.07, 6.45) is 0.314. The number of nitrogens with one attached hydrogen (secondary N) is 2. The Kier molecular flexibility index (Phi) is 8.15. The molecule has 2 saturated heterocycles. The third-order valence-corrected chi connectivity index (χ3v) is 8.74. The number of benzene rings is 2. The van der Waals surface area contributed by atoms with Crippen molar-refractivity contribution in [3.8, 4) is 11.5 Å². The van der Waals surface area contributed by atoms with Crippen LogP contribution in [0, 0.1) is 5.82 Å². The molecular weight excluding hydrogens is 530 g/mol. The fourth-order valence-corrected chi connectivity index (χ4v) is 6.83. The first kappa shape index (κ1) is 28.5. The van der Waals surface area contributed by atoms with Crippen molar-refractivity contribution in [3.63, 3.8) is 0 Å². The van der Waals surface area contributed by atoms with E-state index in [1.54, 1.807) is 14.2 Å². The van der Waals surface area contributed by atoms with Crippen molar-refractivity contribution in [2.45, 2.75) is 68.2 Å². The van der Waals surface area contributed by atoms with Gasteiger partial charge in [0, 0.05) is 42.4 Å². The SMILES string of the molecule is COc1ccc(C23CCC(NC(=O)Nc4cc(F)cc(C(F)(F)F)c4)CC2N(C2CCOCC2)CC3)cc1OC. The molecule has 2 aromatic carbocycles. The second kappa shape index (κ2) is 11.4. The van der Waals surface area contributed by atoms with Crippen LogP contribution in [0.5, 0.6) is 11.5 Å². The lowest BCUT2D eigenvalue weighted by Crippen LogP contribution is -2.55. The third-order valence-electron chi connectivity index (χ3n) is 8.74. The van der Waals surface area contributed by atoms with E-state index in [9.17, 15) is 22.4 Å². The van der Waals surface area contributed by atoms with E-state index >= 15 is 0 Å². The lowest BCUT2D eigenvalue weighted by Gasteiger charge is -2.47. The van der Waals surface area contributed by atoms with Gasteiger partial charge in [-0.2, -0.15) is 13.2 Å². The number of nitrogens with zero attached hydrogens (tertiary/aromatic N) is 1. The van der Waals surface area contributed by atoms with Crippen LogP contribution in [0.2, 0.25) is 0 Å². The van der Waals surface area contributed by atoms with Crippen molar-refractivity contribution in [1.82, 2.24) is 10.2 Å². The van der Waals surface area contributed by atoms with E-state index in [1.807, 2.05) is 6.07 Å². The Bertz CT molecular complexity index is 1220. The number of amides is 2. The summed E-state index contributed by atoms with van der Waals surface area (Å²) >= 11 is 0. The molecule has 7 nitrogen and oxygen atoms in total. The molecule has 0 aromatic heterocycles. The Morgan fingerprint density at radius 1 is 1.02 bits per heavy atom. The van der Waals surface area contributed by atoms with Crippen LogP contribution >= 0.6 is 0 Å². The molecule has 2 heterocycles. The van der Waals surface area contributed by atoms with Gasteiger partial charge >= 0.3 is 12.2 Å². The minimum Gasteiger partial charge on any atom is -0.493 e. The van der Waals surface area contributed by atoms with Crippen LogP contribution in [0.25, 0.3) is 0 Å². The minimum atomic E-state index is -4.72. The van der Waals surface area contributed by atoms with Gasteiger partial charge in [-0.05, 0) is 81.0 Å². The fraction of sp³-hybridized carbons (Fsp3) is 0.552. The van der Waals surface area contributed by atoms with Gasteiger partial charge in [-0.15, -0.1) is 0 Å². The van der Waals surface area contributed by atoms with E-state index in [2.05, 4.69) is 27.7 Å². The number of fused-ring (bicyclic) bond motifs is 1. The molecule has 2 aromatic rings. The van der Waals surface area contributed by atoms with Gasteiger partial charge in [-0.25, -0.2) is 9.18 Å². The van der Waals surface area contributed by atoms with Crippen LogP contribution in [0.1, 0.15) is 49.7 Å². The number of methoxy groups -OCH3 is 2. The fourth-order valence-electron chi connectivity index (χ4n) is 6.83. The summed E-state index contributed by atoms with van der Waals surface area (Å²) in [5, 5.41) is 5.34. The highest BCUT2D eigenvalue weighted by Gasteiger charge is 2.53. The quantitative estimate of drug-likeness (QED) is 0.438. The Hall–Kier alpha value is -3.05. The highest BCUT2D eigenvalue weighted by Crippen LogP contribution is 2.51. The second-order valence-electron chi connectivity index (χ2n) is 10.9. The number of alkyl halides is 3. The first-order valence-electron chi connectivity index (χ1n) is 13.6. The second-order valence-corrected chi connectivity index (χ2v) is 10.9. The van der Waals surface area contributed by atoms with E-state index in [0.717, 1.165) is 57.6 Å². The molecule has 2 amide bonds. The van der Waals surface area contributed by atoms with Crippen molar-refractivity contribution in [3.05, 3.63) is 53.3 Å². The van der Waals surface area contributed by atoms with E-state index in [1.165, 1.54) is 5.56 Å². The normalized spacial score (nSPS) is 25.8. The van der Waals surface area contributed by atoms with Gasteiger partial charge in [0.05, 0.1) is 19.8 Å². The van der Waals surface area contributed by atoms with Gasteiger partial charge in [0.25, 0.3) is 0 Å². The zero-order chi connectivity index (χ0) is 28.5. The zero-order valence-corrected chi connectivity index (χ0v) is 22.7. The van der Waals surface area contributed by atoms with E-state index in [4.69, 9.17) is 14.2 Å². The molecule has 0 spiro atoms. The molecule has 2 N–H and O–H groups in total. The summed E-state index contributed by atoms with van der Waals surface area (Å²) in [5.41, 5.74) is -0.369. The number of halogens is 4. The summed E-state index contributed by atoms with van der Waals surface area (Å²) in [5.74, 6) is 0.266. The Morgan fingerprint density at radius 2 is 1.77 bits per heavy atom. The minimum absolute atomic E-state index is 0.138. The van der Waals surface area contributed by atoms with Crippen molar-refractivity contribution < 1.29 is 36.6 Å². The molecule has 2 aliphatic heterocycles. The van der Waals surface area contributed by atoms with Gasteiger partial charge in [0.2, 0.25) is 0 Å². The summed E-state index contributed by atoms with van der Waals surface area (Å²) in [6, 6.07) is 7.77. The topological polar surface area (TPSA) is 72.1 Å². The van der Waals surface area contributed by atoms with Crippen LogP contribution in [0.3, 0.4) is 0 Å². The van der Waals surface area contributed by atoms with E-state index < -0.39 is 23.6 Å². The number of urea groups is 1. The molecule has 218 valence electrons. The maximum atomic E-state index is 13.8. The predicted octanol–water partition coefficient (Wildman–Crippen LogP) is 5.73. The number of hydrogen-bond donors (Lipinski definition) is 2. The number of anilines is 1. The molecular formula is C29H35F4N3O4. The highest BCUT2D eigenvalue weighted by atomic mass is 19.4. The Morgan fingerprint density at radius 3 is 2.48 bits per heavy atom.